The number of hydrogen-bond acceptors (Lipinski definition) is 4. The van der Waals surface area contributed by atoms with Crippen LogP contribution in [0.25, 0.3) is 0 Å². The maximum atomic E-state index is 5.87. The number of anilines is 1. The highest BCUT2D eigenvalue weighted by Gasteiger charge is 2.59. The maximum absolute atomic E-state index is 5.87. The molecule has 2 atom stereocenters. The van der Waals surface area contributed by atoms with Crippen molar-refractivity contribution in [1.29, 1.82) is 0 Å². The normalized spacial score (nSPS) is 27.5. The Morgan fingerprint density at radius 2 is 2.32 bits per heavy atom. The Morgan fingerprint density at radius 3 is 2.95 bits per heavy atom. The van der Waals surface area contributed by atoms with Gasteiger partial charge in [0, 0.05) is 24.3 Å². The van der Waals surface area contributed by atoms with E-state index < -0.39 is 0 Å². The van der Waals surface area contributed by atoms with Gasteiger partial charge in [-0.1, -0.05) is 6.42 Å². The fraction of sp³-hybridized carbons (Fsp3) is 0.667. The first-order chi connectivity index (χ1) is 9.30. The average molecular weight is 262 g/mol. The summed E-state index contributed by atoms with van der Waals surface area (Å²) >= 11 is 0. The van der Waals surface area contributed by atoms with Gasteiger partial charge in [-0.05, 0) is 38.3 Å². The van der Waals surface area contributed by atoms with Crippen LogP contribution in [0, 0.1) is 5.41 Å². The molecular formula is C15H22N2O2. The molecule has 0 saturated heterocycles. The fourth-order valence-electron chi connectivity index (χ4n) is 3.49. The van der Waals surface area contributed by atoms with E-state index in [4.69, 9.17) is 9.47 Å². The van der Waals surface area contributed by atoms with Gasteiger partial charge in [-0.25, -0.2) is 4.98 Å². The summed E-state index contributed by atoms with van der Waals surface area (Å²) in [6.07, 6.45) is 7.16. The molecule has 3 rings (SSSR count). The van der Waals surface area contributed by atoms with Crippen molar-refractivity contribution in [2.45, 2.75) is 44.8 Å². The topological polar surface area (TPSA) is 43.4 Å². The lowest BCUT2D eigenvalue weighted by atomic mass is 9.51. The van der Waals surface area contributed by atoms with Gasteiger partial charge in [-0.3, -0.25) is 0 Å². The Bertz CT molecular complexity index is 446. The lowest BCUT2D eigenvalue weighted by Gasteiger charge is -2.61. The minimum atomic E-state index is 0.358. The zero-order valence-corrected chi connectivity index (χ0v) is 11.7. The van der Waals surface area contributed by atoms with Crippen molar-refractivity contribution in [3.8, 4) is 5.88 Å². The molecule has 0 radical (unpaired) electrons. The standard InChI is InChI=1S/C15H22N2O2/c1-3-19-13-10-12(15(13)7-5-8-15)17-11-6-4-9-16-14(11)18-2/h4,6,9,12-13,17H,3,5,7-8,10H2,1-2H3. The predicted molar refractivity (Wildman–Crippen MR) is 74.5 cm³/mol. The monoisotopic (exact) mass is 262 g/mol. The summed E-state index contributed by atoms with van der Waals surface area (Å²) in [5.74, 6) is 0.678. The molecule has 0 amide bonds. The highest BCUT2D eigenvalue weighted by molar-refractivity contribution is 5.53. The molecule has 2 unspecified atom stereocenters. The van der Waals surface area contributed by atoms with Gasteiger partial charge in [0.15, 0.2) is 0 Å². The van der Waals surface area contributed by atoms with Crippen LogP contribution in [-0.2, 0) is 4.74 Å². The lowest BCUT2D eigenvalue weighted by Crippen LogP contribution is -2.64. The quantitative estimate of drug-likeness (QED) is 0.886. The van der Waals surface area contributed by atoms with E-state index in [-0.39, 0.29) is 0 Å². The number of nitrogens with zero attached hydrogens (tertiary/aromatic N) is 1. The van der Waals surface area contributed by atoms with Crippen molar-refractivity contribution in [1.82, 2.24) is 4.98 Å². The van der Waals surface area contributed by atoms with Crippen LogP contribution < -0.4 is 10.1 Å². The molecule has 104 valence electrons. The third kappa shape index (κ3) is 1.98. The smallest absolute Gasteiger partial charge is 0.237 e. The number of hydrogen-bond donors (Lipinski definition) is 1. The number of ether oxygens (including phenoxy) is 2. The molecule has 0 aliphatic heterocycles. The van der Waals surface area contributed by atoms with E-state index in [0.717, 1.165) is 18.7 Å². The van der Waals surface area contributed by atoms with Gasteiger partial charge in [0.2, 0.25) is 5.88 Å². The molecule has 2 fully saturated rings. The minimum absolute atomic E-state index is 0.358. The average Bonchev–Trinajstić information content (AvgIpc) is 2.36. The van der Waals surface area contributed by atoms with Gasteiger partial charge >= 0.3 is 0 Å². The van der Waals surface area contributed by atoms with Crippen molar-refractivity contribution < 1.29 is 9.47 Å². The van der Waals surface area contributed by atoms with Gasteiger partial charge in [-0.15, -0.1) is 0 Å². The molecule has 2 aliphatic carbocycles. The number of nitrogens with one attached hydrogen (secondary N) is 1. The molecule has 0 bridgehead atoms. The molecule has 1 heterocycles. The van der Waals surface area contributed by atoms with Gasteiger partial charge in [0.25, 0.3) is 0 Å². The summed E-state index contributed by atoms with van der Waals surface area (Å²) in [4.78, 5) is 4.24. The lowest BCUT2D eigenvalue weighted by molar-refractivity contribution is -0.157. The molecule has 1 N–H and O–H groups in total. The molecule has 0 aromatic carbocycles. The zero-order chi connectivity index (χ0) is 13.3. The first-order valence-corrected chi connectivity index (χ1v) is 7.17. The molecule has 1 aromatic heterocycles. The Kier molecular flexibility index (Phi) is 3.35. The van der Waals surface area contributed by atoms with Crippen LogP contribution in [0.3, 0.4) is 0 Å². The maximum Gasteiger partial charge on any atom is 0.237 e. The highest BCUT2D eigenvalue weighted by atomic mass is 16.5. The van der Waals surface area contributed by atoms with Crippen LogP contribution in [-0.4, -0.2) is 30.8 Å². The molecular weight excluding hydrogens is 240 g/mol. The Morgan fingerprint density at radius 1 is 1.47 bits per heavy atom. The molecule has 4 heteroatoms. The molecule has 2 aliphatic rings. The van der Waals surface area contributed by atoms with Crippen LogP contribution in [0.2, 0.25) is 0 Å². The summed E-state index contributed by atoms with van der Waals surface area (Å²) in [7, 11) is 1.66. The Labute approximate surface area is 114 Å². The van der Waals surface area contributed by atoms with Crippen LogP contribution in [0.4, 0.5) is 5.69 Å². The van der Waals surface area contributed by atoms with Gasteiger partial charge in [-0.2, -0.15) is 0 Å². The SMILES string of the molecule is CCOC1CC(Nc2cccnc2OC)C12CCC2. The van der Waals surface area contributed by atoms with Crippen LogP contribution in [0.5, 0.6) is 5.88 Å². The summed E-state index contributed by atoms with van der Waals surface area (Å²) in [5.41, 5.74) is 1.35. The third-order valence-corrected chi connectivity index (χ3v) is 4.73. The van der Waals surface area contributed by atoms with E-state index in [0.29, 0.717) is 23.4 Å². The molecule has 2 saturated carbocycles. The number of pyridine rings is 1. The molecule has 1 aromatic rings. The second kappa shape index (κ2) is 5.00. The van der Waals surface area contributed by atoms with E-state index in [1.807, 2.05) is 12.1 Å². The molecule has 1 spiro atoms. The van der Waals surface area contributed by atoms with Crippen molar-refractivity contribution in [2.75, 3.05) is 19.0 Å². The first kappa shape index (κ1) is 12.7. The van der Waals surface area contributed by atoms with Crippen molar-refractivity contribution in [2.24, 2.45) is 5.41 Å². The highest BCUT2D eigenvalue weighted by Crippen LogP contribution is 2.58. The van der Waals surface area contributed by atoms with Gasteiger partial charge < -0.3 is 14.8 Å². The van der Waals surface area contributed by atoms with Crippen molar-refractivity contribution in [3.63, 3.8) is 0 Å². The largest absolute Gasteiger partial charge is 0.480 e. The van der Waals surface area contributed by atoms with E-state index in [1.54, 1.807) is 13.3 Å². The summed E-state index contributed by atoms with van der Waals surface area (Å²) in [6.45, 7) is 2.90. The summed E-state index contributed by atoms with van der Waals surface area (Å²) < 4.78 is 11.2. The summed E-state index contributed by atoms with van der Waals surface area (Å²) in [5, 5.41) is 3.61. The fourth-order valence-corrected chi connectivity index (χ4v) is 3.49. The van der Waals surface area contributed by atoms with Gasteiger partial charge in [0.1, 0.15) is 0 Å². The van der Waals surface area contributed by atoms with Crippen LogP contribution in [0.15, 0.2) is 18.3 Å². The van der Waals surface area contributed by atoms with E-state index in [2.05, 4.69) is 17.2 Å². The van der Waals surface area contributed by atoms with Crippen LogP contribution in [0.1, 0.15) is 32.6 Å². The van der Waals surface area contributed by atoms with Crippen molar-refractivity contribution in [3.05, 3.63) is 18.3 Å². The van der Waals surface area contributed by atoms with E-state index in [1.165, 1.54) is 19.3 Å². The second-order valence-corrected chi connectivity index (χ2v) is 5.52. The third-order valence-electron chi connectivity index (χ3n) is 4.73. The van der Waals surface area contributed by atoms with Crippen molar-refractivity contribution >= 4 is 5.69 Å². The minimum Gasteiger partial charge on any atom is -0.480 e. The first-order valence-electron chi connectivity index (χ1n) is 7.17. The number of methoxy groups -OCH3 is 1. The molecule has 19 heavy (non-hydrogen) atoms. The zero-order valence-electron chi connectivity index (χ0n) is 11.7. The number of rotatable bonds is 5. The predicted octanol–water partition coefficient (Wildman–Crippen LogP) is 2.85. The Hall–Kier alpha value is -1.29. The second-order valence-electron chi connectivity index (χ2n) is 5.52. The van der Waals surface area contributed by atoms with Gasteiger partial charge in [0.05, 0.1) is 18.9 Å². The van der Waals surface area contributed by atoms with E-state index in [9.17, 15) is 0 Å². The summed E-state index contributed by atoms with van der Waals surface area (Å²) in [6, 6.07) is 4.47. The Balaban J connectivity index is 1.71. The molecule has 4 nitrogen and oxygen atoms in total. The number of aromatic nitrogens is 1. The van der Waals surface area contributed by atoms with Crippen LogP contribution >= 0.6 is 0 Å². The van der Waals surface area contributed by atoms with E-state index >= 15 is 0 Å².